The van der Waals surface area contributed by atoms with Gasteiger partial charge >= 0.3 is 0 Å². The van der Waals surface area contributed by atoms with E-state index in [-0.39, 0.29) is 17.9 Å². The van der Waals surface area contributed by atoms with Crippen molar-refractivity contribution in [1.82, 2.24) is 19.6 Å². The van der Waals surface area contributed by atoms with Gasteiger partial charge in [0.1, 0.15) is 5.76 Å². The van der Waals surface area contributed by atoms with Crippen LogP contribution in [-0.2, 0) is 14.3 Å². The van der Waals surface area contributed by atoms with Crippen LogP contribution in [0.3, 0.4) is 0 Å². The van der Waals surface area contributed by atoms with Gasteiger partial charge in [-0.2, -0.15) is 5.10 Å². The van der Waals surface area contributed by atoms with Gasteiger partial charge in [0.15, 0.2) is 11.5 Å². The molecule has 1 amide bonds. The molecule has 41 heavy (non-hydrogen) atoms. The van der Waals surface area contributed by atoms with E-state index >= 15 is 0 Å². The average Bonchev–Trinajstić information content (AvgIpc) is 3.52. The van der Waals surface area contributed by atoms with Crippen molar-refractivity contribution in [3.8, 4) is 22.9 Å². The summed E-state index contributed by atoms with van der Waals surface area (Å²) in [7, 11) is 4.50. The third-order valence-electron chi connectivity index (χ3n) is 7.57. The van der Waals surface area contributed by atoms with Gasteiger partial charge in [-0.15, -0.1) is 0 Å². The number of morpholine rings is 1. The Morgan fingerprint density at radius 3 is 2.27 bits per heavy atom. The number of aromatic nitrogens is 2. The van der Waals surface area contributed by atoms with E-state index in [9.17, 15) is 14.7 Å². The Balaban J connectivity index is 1.63. The van der Waals surface area contributed by atoms with Crippen molar-refractivity contribution >= 4 is 17.4 Å². The number of para-hydroxylation sites is 1. The van der Waals surface area contributed by atoms with Crippen LogP contribution in [-0.4, -0.2) is 97.1 Å². The summed E-state index contributed by atoms with van der Waals surface area (Å²) in [6.45, 7) is 5.30. The van der Waals surface area contributed by atoms with Crippen LogP contribution in [0.25, 0.3) is 11.4 Å². The van der Waals surface area contributed by atoms with Gasteiger partial charge in [-0.05, 0) is 36.8 Å². The van der Waals surface area contributed by atoms with Crippen molar-refractivity contribution < 1.29 is 33.6 Å². The highest BCUT2D eigenvalue weighted by Gasteiger charge is 2.47. The molecular weight excluding hydrogens is 528 g/mol. The predicted molar refractivity (Wildman–Crippen MR) is 151 cm³/mol. The van der Waals surface area contributed by atoms with Crippen LogP contribution in [0, 0.1) is 6.92 Å². The molecule has 2 aromatic carbocycles. The van der Waals surface area contributed by atoms with Crippen molar-refractivity contribution in [1.29, 1.82) is 0 Å². The molecule has 0 radical (unpaired) electrons. The minimum Gasteiger partial charge on any atom is -0.507 e. The Morgan fingerprint density at radius 1 is 1.00 bits per heavy atom. The summed E-state index contributed by atoms with van der Waals surface area (Å²) < 4.78 is 23.8. The first-order chi connectivity index (χ1) is 19.9. The smallest absolute Gasteiger partial charge is 0.295 e. The van der Waals surface area contributed by atoms with E-state index in [0.717, 1.165) is 18.8 Å². The fourth-order valence-corrected chi connectivity index (χ4v) is 5.41. The molecule has 11 nitrogen and oxygen atoms in total. The van der Waals surface area contributed by atoms with Gasteiger partial charge in [0, 0.05) is 26.2 Å². The van der Waals surface area contributed by atoms with Crippen molar-refractivity contribution in [2.75, 3.05) is 60.7 Å². The lowest BCUT2D eigenvalue weighted by Gasteiger charge is -2.31. The van der Waals surface area contributed by atoms with E-state index in [1.807, 2.05) is 30.3 Å². The van der Waals surface area contributed by atoms with E-state index in [4.69, 9.17) is 18.9 Å². The number of rotatable bonds is 9. The zero-order valence-corrected chi connectivity index (χ0v) is 23.6. The number of carbonyl (C=O) groups excluding carboxylic acids is 2. The first-order valence-electron chi connectivity index (χ1n) is 13.4. The number of likely N-dealkylation sites (tertiary alicyclic amines) is 1. The number of aliphatic hydroxyl groups excluding tert-OH is 1. The van der Waals surface area contributed by atoms with Gasteiger partial charge in [-0.3, -0.25) is 14.5 Å². The quantitative estimate of drug-likeness (QED) is 0.239. The molecule has 1 aromatic heterocycles. The van der Waals surface area contributed by atoms with E-state index in [2.05, 4.69) is 10.00 Å². The van der Waals surface area contributed by atoms with Crippen molar-refractivity contribution in [2.45, 2.75) is 13.0 Å². The van der Waals surface area contributed by atoms with E-state index in [0.29, 0.717) is 53.8 Å². The van der Waals surface area contributed by atoms with Gasteiger partial charge < -0.3 is 29.0 Å². The van der Waals surface area contributed by atoms with E-state index < -0.39 is 17.7 Å². The molecule has 1 atom stereocenters. The Hall–Kier alpha value is -4.35. The summed E-state index contributed by atoms with van der Waals surface area (Å²) in [5.74, 6) is -0.635. The third kappa shape index (κ3) is 5.25. The van der Waals surface area contributed by atoms with Gasteiger partial charge in [-0.25, -0.2) is 4.68 Å². The van der Waals surface area contributed by atoms with Crippen molar-refractivity contribution in [3.05, 3.63) is 71.1 Å². The minimum atomic E-state index is -0.899. The monoisotopic (exact) mass is 562 g/mol. The summed E-state index contributed by atoms with van der Waals surface area (Å²) in [6, 6.07) is 12.0. The van der Waals surface area contributed by atoms with Crippen LogP contribution in [0.5, 0.6) is 17.2 Å². The second-order valence-electron chi connectivity index (χ2n) is 9.80. The number of hydrogen-bond acceptors (Lipinski definition) is 9. The number of benzene rings is 2. The highest BCUT2D eigenvalue weighted by atomic mass is 16.5. The minimum absolute atomic E-state index is 0.0260. The number of nitrogens with zero attached hydrogens (tertiary/aromatic N) is 4. The summed E-state index contributed by atoms with van der Waals surface area (Å²) in [5.41, 5.74) is 2.29. The first kappa shape index (κ1) is 28.2. The Kier molecular flexibility index (Phi) is 8.27. The van der Waals surface area contributed by atoms with Crippen LogP contribution in [0.2, 0.25) is 0 Å². The maximum absolute atomic E-state index is 13.6. The molecule has 11 heteroatoms. The van der Waals surface area contributed by atoms with Gasteiger partial charge in [-0.1, -0.05) is 18.2 Å². The van der Waals surface area contributed by atoms with Gasteiger partial charge in [0.05, 0.1) is 69.3 Å². The second-order valence-corrected chi connectivity index (χ2v) is 9.80. The standard InChI is InChI=1S/C30H34N4O7/c1-19-22(18-31-34(19)21-8-6-5-7-9-21)27(35)25-26(20-16-23(38-2)29(40-4)24(17-20)39-3)33(30(37)28(25)36)11-10-32-12-14-41-15-13-32/h5-9,16-18,26,35H,10-15H2,1-4H3/t26-/m1/s1. The SMILES string of the molecule is COc1cc([C@@H]2C(=C(O)c3cnn(-c4ccccc4)c3C)C(=O)C(=O)N2CCN2CCOCC2)cc(OC)c1OC. The molecule has 2 fully saturated rings. The molecule has 1 N–H and O–H groups in total. The summed E-state index contributed by atoms with van der Waals surface area (Å²) in [4.78, 5) is 30.8. The average molecular weight is 563 g/mol. The molecule has 5 rings (SSSR count). The fraction of sp³-hybridized carbons (Fsp3) is 0.367. The molecule has 2 aliphatic rings. The van der Waals surface area contributed by atoms with Gasteiger partial charge in [0.25, 0.3) is 11.7 Å². The number of hydrogen-bond donors (Lipinski definition) is 1. The van der Waals surface area contributed by atoms with E-state index in [1.165, 1.54) is 32.4 Å². The molecule has 0 spiro atoms. The van der Waals surface area contributed by atoms with Crippen LogP contribution in [0.4, 0.5) is 0 Å². The van der Waals surface area contributed by atoms with Crippen molar-refractivity contribution in [2.24, 2.45) is 0 Å². The normalized spacial score (nSPS) is 19.0. The molecule has 3 heterocycles. The summed E-state index contributed by atoms with van der Waals surface area (Å²) >= 11 is 0. The summed E-state index contributed by atoms with van der Waals surface area (Å²) in [5, 5.41) is 16.1. The lowest BCUT2D eigenvalue weighted by Crippen LogP contribution is -2.42. The number of amides is 1. The number of methoxy groups -OCH3 is 3. The van der Waals surface area contributed by atoms with Gasteiger partial charge in [0.2, 0.25) is 5.75 Å². The lowest BCUT2D eigenvalue weighted by molar-refractivity contribution is -0.140. The molecule has 2 aliphatic heterocycles. The number of ether oxygens (including phenoxy) is 4. The molecule has 3 aromatic rings. The molecule has 0 unspecified atom stereocenters. The lowest BCUT2D eigenvalue weighted by atomic mass is 9.94. The molecule has 0 saturated carbocycles. The highest BCUT2D eigenvalue weighted by molar-refractivity contribution is 6.46. The van der Waals surface area contributed by atoms with Crippen LogP contribution >= 0.6 is 0 Å². The third-order valence-corrected chi connectivity index (χ3v) is 7.57. The first-order valence-corrected chi connectivity index (χ1v) is 13.4. The Morgan fingerprint density at radius 2 is 1.66 bits per heavy atom. The van der Waals surface area contributed by atoms with Crippen LogP contribution in [0.15, 0.2) is 54.2 Å². The largest absolute Gasteiger partial charge is 0.507 e. The zero-order chi connectivity index (χ0) is 29.1. The second kappa shape index (κ2) is 12.0. The van der Waals surface area contributed by atoms with E-state index in [1.54, 1.807) is 23.7 Å². The van der Waals surface area contributed by atoms with Crippen molar-refractivity contribution in [3.63, 3.8) is 0 Å². The predicted octanol–water partition coefficient (Wildman–Crippen LogP) is 2.96. The van der Waals surface area contributed by atoms with Crippen LogP contribution < -0.4 is 14.2 Å². The maximum atomic E-state index is 13.6. The molecule has 0 aliphatic carbocycles. The van der Waals surface area contributed by atoms with Crippen LogP contribution in [0.1, 0.15) is 22.9 Å². The molecular formula is C30H34N4O7. The number of aliphatic hydroxyl groups is 1. The molecule has 0 bridgehead atoms. The Labute approximate surface area is 238 Å². The highest BCUT2D eigenvalue weighted by Crippen LogP contribution is 2.45. The fourth-order valence-electron chi connectivity index (χ4n) is 5.41. The number of ketones is 1. The number of Topliss-reactive ketones (excluding diaryl/α,β-unsaturated/α-hetero) is 1. The zero-order valence-electron chi connectivity index (χ0n) is 23.6. The number of carbonyl (C=O) groups is 2. The molecule has 216 valence electrons. The maximum Gasteiger partial charge on any atom is 0.295 e. The topological polar surface area (TPSA) is 116 Å². The molecule has 2 saturated heterocycles. The summed E-state index contributed by atoms with van der Waals surface area (Å²) in [6.07, 6.45) is 1.51. The Bertz CT molecular complexity index is 1440.